The van der Waals surface area contributed by atoms with Crippen molar-refractivity contribution in [3.63, 3.8) is 0 Å². The summed E-state index contributed by atoms with van der Waals surface area (Å²) in [6, 6.07) is 6.85. The predicted octanol–water partition coefficient (Wildman–Crippen LogP) is 3.12. The van der Waals surface area contributed by atoms with E-state index in [1.54, 1.807) is 41.2 Å². The molecule has 3 aromatic rings. The van der Waals surface area contributed by atoms with Gasteiger partial charge in [0.1, 0.15) is 5.75 Å². The minimum absolute atomic E-state index is 0.158. The summed E-state index contributed by atoms with van der Waals surface area (Å²) in [5.41, 5.74) is 3.16. The lowest BCUT2D eigenvalue weighted by Crippen LogP contribution is -2.14. The van der Waals surface area contributed by atoms with E-state index < -0.39 is 0 Å². The predicted molar refractivity (Wildman–Crippen MR) is 87.9 cm³/mol. The summed E-state index contributed by atoms with van der Waals surface area (Å²) in [6.45, 7) is 5.82. The third-order valence-corrected chi connectivity index (χ3v) is 3.71. The molecule has 0 fully saturated rings. The molecule has 0 saturated heterocycles. The van der Waals surface area contributed by atoms with Crippen molar-refractivity contribution in [1.29, 1.82) is 0 Å². The Morgan fingerprint density at radius 2 is 2.09 bits per heavy atom. The maximum Gasteiger partial charge on any atom is 0.276 e. The number of hydrogen-bond donors (Lipinski definition) is 2. The van der Waals surface area contributed by atoms with Crippen LogP contribution in [0.2, 0.25) is 0 Å². The van der Waals surface area contributed by atoms with Gasteiger partial charge in [0.15, 0.2) is 11.3 Å². The van der Waals surface area contributed by atoms with Crippen LogP contribution < -0.4 is 5.32 Å². The highest BCUT2D eigenvalue weighted by Crippen LogP contribution is 2.31. The Labute approximate surface area is 133 Å². The van der Waals surface area contributed by atoms with E-state index in [4.69, 9.17) is 0 Å². The number of nitrogens with one attached hydrogen (secondary N) is 1. The molecule has 0 radical (unpaired) electrons. The van der Waals surface area contributed by atoms with E-state index in [2.05, 4.69) is 15.4 Å². The second-order valence-electron chi connectivity index (χ2n) is 5.79. The van der Waals surface area contributed by atoms with Crippen LogP contribution in [0.5, 0.6) is 5.75 Å². The molecule has 6 heteroatoms. The third-order valence-electron chi connectivity index (χ3n) is 3.71. The maximum absolute atomic E-state index is 12.4. The van der Waals surface area contributed by atoms with Crippen LogP contribution in [0.25, 0.3) is 5.65 Å². The van der Waals surface area contributed by atoms with Crippen LogP contribution in [0.4, 0.5) is 5.69 Å². The number of rotatable bonds is 3. The molecule has 2 aromatic heterocycles. The van der Waals surface area contributed by atoms with Crippen LogP contribution in [0.15, 0.2) is 36.7 Å². The summed E-state index contributed by atoms with van der Waals surface area (Å²) in [4.78, 5) is 16.6. The minimum atomic E-state index is -0.306. The topological polar surface area (TPSA) is 79.5 Å². The Balaban J connectivity index is 1.92. The zero-order chi connectivity index (χ0) is 16.6. The highest BCUT2D eigenvalue weighted by Gasteiger charge is 2.15. The Morgan fingerprint density at radius 1 is 1.30 bits per heavy atom. The van der Waals surface area contributed by atoms with Gasteiger partial charge in [-0.3, -0.25) is 4.79 Å². The van der Waals surface area contributed by atoms with Gasteiger partial charge in [-0.1, -0.05) is 13.8 Å². The Morgan fingerprint density at radius 3 is 2.78 bits per heavy atom. The molecule has 0 unspecified atom stereocenters. The standard InChI is InChI=1S/C17H18N4O2/c1-10(2)12-8-13(11(3)7-15(12)22)19-17(23)14-9-16-18-5-4-6-21(16)20-14/h4-10,22H,1-3H3,(H,19,23). The highest BCUT2D eigenvalue weighted by molar-refractivity contribution is 6.04. The first-order valence-corrected chi connectivity index (χ1v) is 7.41. The Bertz CT molecular complexity index is 850. The molecule has 0 atom stereocenters. The molecule has 1 aromatic carbocycles. The third kappa shape index (κ3) is 2.88. The Hall–Kier alpha value is -2.89. The van der Waals surface area contributed by atoms with Crippen LogP contribution in [0.1, 0.15) is 41.4 Å². The van der Waals surface area contributed by atoms with Crippen LogP contribution >= 0.6 is 0 Å². The number of aromatic hydroxyl groups is 1. The van der Waals surface area contributed by atoms with Crippen molar-refractivity contribution < 1.29 is 9.90 Å². The monoisotopic (exact) mass is 310 g/mol. The number of phenols is 1. The fraction of sp³-hybridized carbons (Fsp3) is 0.235. The van der Waals surface area contributed by atoms with Crippen LogP contribution in [0, 0.1) is 6.92 Å². The molecule has 6 nitrogen and oxygen atoms in total. The van der Waals surface area contributed by atoms with Crippen molar-refractivity contribution in [2.24, 2.45) is 0 Å². The van der Waals surface area contributed by atoms with Gasteiger partial charge in [0, 0.05) is 24.1 Å². The molecule has 0 saturated carbocycles. The van der Waals surface area contributed by atoms with E-state index in [1.807, 2.05) is 20.8 Å². The van der Waals surface area contributed by atoms with Gasteiger partial charge in [-0.2, -0.15) is 5.10 Å². The number of anilines is 1. The van der Waals surface area contributed by atoms with E-state index >= 15 is 0 Å². The van der Waals surface area contributed by atoms with Crippen molar-refractivity contribution in [3.8, 4) is 5.75 Å². The number of carbonyl (C=O) groups excluding carboxylic acids is 1. The fourth-order valence-corrected chi connectivity index (χ4v) is 2.43. The molecule has 23 heavy (non-hydrogen) atoms. The highest BCUT2D eigenvalue weighted by atomic mass is 16.3. The van der Waals surface area contributed by atoms with Crippen molar-refractivity contribution in [2.75, 3.05) is 5.32 Å². The molecular formula is C17H18N4O2. The van der Waals surface area contributed by atoms with Gasteiger partial charge >= 0.3 is 0 Å². The lowest BCUT2D eigenvalue weighted by atomic mass is 9.99. The maximum atomic E-state index is 12.4. The zero-order valence-electron chi connectivity index (χ0n) is 13.2. The number of amides is 1. The number of aryl methyl sites for hydroxylation is 1. The minimum Gasteiger partial charge on any atom is -0.508 e. The number of hydrogen-bond acceptors (Lipinski definition) is 4. The van der Waals surface area contributed by atoms with Gasteiger partial charge < -0.3 is 10.4 Å². The van der Waals surface area contributed by atoms with Crippen LogP contribution in [-0.2, 0) is 0 Å². The second-order valence-corrected chi connectivity index (χ2v) is 5.79. The van der Waals surface area contributed by atoms with Crippen LogP contribution in [0.3, 0.4) is 0 Å². The molecule has 1 amide bonds. The molecule has 2 heterocycles. The molecule has 0 spiro atoms. The number of carbonyl (C=O) groups is 1. The van der Waals surface area contributed by atoms with E-state index in [0.29, 0.717) is 17.0 Å². The normalized spacial score (nSPS) is 11.1. The largest absolute Gasteiger partial charge is 0.508 e. The van der Waals surface area contributed by atoms with E-state index in [-0.39, 0.29) is 17.6 Å². The SMILES string of the molecule is Cc1cc(O)c(C(C)C)cc1NC(=O)c1cc2ncccn2n1. The van der Waals surface area contributed by atoms with Crippen molar-refractivity contribution >= 4 is 17.2 Å². The van der Waals surface area contributed by atoms with Crippen molar-refractivity contribution in [1.82, 2.24) is 14.6 Å². The lowest BCUT2D eigenvalue weighted by molar-refractivity contribution is 0.102. The summed E-state index contributed by atoms with van der Waals surface area (Å²) in [7, 11) is 0. The van der Waals surface area contributed by atoms with Crippen molar-refractivity contribution in [3.05, 3.63) is 53.5 Å². The van der Waals surface area contributed by atoms with Gasteiger partial charge in [-0.05, 0) is 42.2 Å². The van der Waals surface area contributed by atoms with Crippen LogP contribution in [-0.4, -0.2) is 25.6 Å². The number of phenolic OH excluding ortho intramolecular Hbond substituents is 1. The first-order valence-electron chi connectivity index (χ1n) is 7.41. The summed E-state index contributed by atoms with van der Waals surface area (Å²) in [5.74, 6) is 0.0945. The molecule has 0 aliphatic carbocycles. The van der Waals surface area contributed by atoms with Crippen molar-refractivity contribution in [2.45, 2.75) is 26.7 Å². The summed E-state index contributed by atoms with van der Waals surface area (Å²) in [5, 5.41) is 17.1. The second kappa shape index (κ2) is 5.72. The number of fused-ring (bicyclic) bond motifs is 1. The molecule has 0 aliphatic rings. The number of nitrogens with zero attached hydrogens (tertiary/aromatic N) is 3. The summed E-state index contributed by atoms with van der Waals surface area (Å²) < 4.78 is 1.55. The zero-order valence-corrected chi connectivity index (χ0v) is 13.2. The van der Waals surface area contributed by atoms with Gasteiger partial charge in [-0.25, -0.2) is 9.50 Å². The number of aromatic nitrogens is 3. The molecule has 118 valence electrons. The fourth-order valence-electron chi connectivity index (χ4n) is 2.43. The van der Waals surface area contributed by atoms with Gasteiger partial charge in [0.2, 0.25) is 0 Å². The smallest absolute Gasteiger partial charge is 0.276 e. The van der Waals surface area contributed by atoms with E-state index in [1.165, 1.54) is 0 Å². The summed E-state index contributed by atoms with van der Waals surface area (Å²) in [6.07, 6.45) is 3.39. The first kappa shape index (κ1) is 15.0. The Kier molecular flexibility index (Phi) is 3.73. The molecule has 0 bridgehead atoms. The van der Waals surface area contributed by atoms with E-state index in [0.717, 1.165) is 11.1 Å². The first-order chi connectivity index (χ1) is 11.0. The molecular weight excluding hydrogens is 292 g/mol. The molecule has 3 rings (SSSR count). The summed E-state index contributed by atoms with van der Waals surface area (Å²) >= 11 is 0. The van der Waals surface area contributed by atoms with Gasteiger partial charge in [-0.15, -0.1) is 0 Å². The van der Waals surface area contributed by atoms with E-state index in [9.17, 15) is 9.90 Å². The molecule has 2 N–H and O–H groups in total. The quantitative estimate of drug-likeness (QED) is 0.728. The van der Waals surface area contributed by atoms with Gasteiger partial charge in [0.25, 0.3) is 5.91 Å². The lowest BCUT2D eigenvalue weighted by Gasteiger charge is -2.14. The van der Waals surface area contributed by atoms with Gasteiger partial charge in [0.05, 0.1) is 0 Å². The average molecular weight is 310 g/mol. The average Bonchev–Trinajstić information content (AvgIpc) is 2.93. The number of benzene rings is 1. The molecule has 0 aliphatic heterocycles.